The van der Waals surface area contributed by atoms with Crippen molar-refractivity contribution < 1.29 is 4.74 Å². The summed E-state index contributed by atoms with van der Waals surface area (Å²) < 4.78 is 5.41. The van der Waals surface area contributed by atoms with Crippen LogP contribution in [0.3, 0.4) is 0 Å². The first-order valence-electron chi connectivity index (χ1n) is 7.16. The molecule has 0 aromatic heterocycles. The predicted octanol–water partition coefficient (Wildman–Crippen LogP) is 5.57. The molecule has 3 aromatic carbocycles. The van der Waals surface area contributed by atoms with E-state index in [2.05, 4.69) is 6.07 Å². The van der Waals surface area contributed by atoms with Crippen LogP contribution in [0.5, 0.6) is 5.75 Å². The molecule has 112 valence electrons. The van der Waals surface area contributed by atoms with Crippen LogP contribution in [0.4, 0.5) is 0 Å². The number of benzene rings is 3. The van der Waals surface area contributed by atoms with E-state index in [9.17, 15) is 5.26 Å². The van der Waals surface area contributed by atoms with Crippen LogP contribution in [0.2, 0.25) is 5.02 Å². The topological polar surface area (TPSA) is 33.0 Å². The van der Waals surface area contributed by atoms with Crippen LogP contribution >= 0.6 is 11.6 Å². The molecule has 2 nitrogen and oxygen atoms in total. The molecule has 0 aliphatic heterocycles. The molecule has 0 N–H and O–H groups in total. The second kappa shape index (κ2) is 6.56. The molecule has 3 heteroatoms. The molecule has 0 bridgehead atoms. The molecule has 0 radical (unpaired) electrons. The van der Waals surface area contributed by atoms with Crippen molar-refractivity contribution in [1.29, 1.82) is 5.26 Å². The first-order chi connectivity index (χ1) is 11.2. The van der Waals surface area contributed by atoms with Gasteiger partial charge in [0.1, 0.15) is 5.75 Å². The van der Waals surface area contributed by atoms with Crippen molar-refractivity contribution in [3.8, 4) is 11.8 Å². The number of nitrogens with zero attached hydrogens (tertiary/aromatic N) is 1. The van der Waals surface area contributed by atoms with Crippen LogP contribution in [0.1, 0.15) is 11.1 Å². The largest absolute Gasteiger partial charge is 0.496 e. The van der Waals surface area contributed by atoms with Crippen molar-refractivity contribution in [2.45, 2.75) is 0 Å². The lowest BCUT2D eigenvalue weighted by atomic mass is 9.99. The summed E-state index contributed by atoms with van der Waals surface area (Å²) in [6.45, 7) is 0. The molecule has 0 atom stereocenters. The molecular formula is C20H14ClNO. The molecule has 0 aliphatic rings. The number of methoxy groups -OCH3 is 1. The summed E-state index contributed by atoms with van der Waals surface area (Å²) in [6.07, 6.45) is 1.89. The number of halogens is 1. The minimum atomic E-state index is 0.594. The number of ether oxygens (including phenoxy) is 1. The van der Waals surface area contributed by atoms with E-state index in [1.54, 1.807) is 19.2 Å². The predicted molar refractivity (Wildman–Crippen MR) is 95.4 cm³/mol. The molecule has 0 amide bonds. The molecule has 3 aromatic rings. The molecule has 0 heterocycles. The van der Waals surface area contributed by atoms with Crippen molar-refractivity contribution in [3.05, 3.63) is 76.8 Å². The third kappa shape index (κ3) is 3.06. The zero-order valence-electron chi connectivity index (χ0n) is 12.6. The van der Waals surface area contributed by atoms with Gasteiger partial charge in [-0.15, -0.1) is 0 Å². The number of rotatable bonds is 3. The Labute approximate surface area is 140 Å². The van der Waals surface area contributed by atoms with Crippen molar-refractivity contribution in [2.75, 3.05) is 7.11 Å². The Kier molecular flexibility index (Phi) is 4.32. The van der Waals surface area contributed by atoms with E-state index in [-0.39, 0.29) is 0 Å². The maximum absolute atomic E-state index is 9.51. The van der Waals surface area contributed by atoms with Gasteiger partial charge in [-0.05, 0) is 40.8 Å². The van der Waals surface area contributed by atoms with E-state index in [0.717, 1.165) is 27.6 Å². The standard InChI is InChI=1S/C20H14ClNO/c1-23-20-11-8-15(18-4-2-3-5-19(18)20)12-16(13-22)14-6-9-17(21)10-7-14/h2-12H,1H3. The quantitative estimate of drug-likeness (QED) is 0.467. The fourth-order valence-electron chi connectivity index (χ4n) is 2.56. The lowest BCUT2D eigenvalue weighted by molar-refractivity contribution is 0.420. The Morgan fingerprint density at radius 3 is 2.35 bits per heavy atom. The van der Waals surface area contributed by atoms with Gasteiger partial charge in [0.05, 0.1) is 18.8 Å². The lowest BCUT2D eigenvalue weighted by Crippen LogP contribution is -1.88. The maximum atomic E-state index is 9.51. The molecule has 0 saturated carbocycles. The summed E-state index contributed by atoms with van der Waals surface area (Å²) in [6, 6.07) is 21.4. The minimum Gasteiger partial charge on any atom is -0.496 e. The van der Waals surface area contributed by atoms with Gasteiger partial charge < -0.3 is 4.74 Å². The zero-order valence-corrected chi connectivity index (χ0v) is 13.3. The molecule has 0 fully saturated rings. The summed E-state index contributed by atoms with van der Waals surface area (Å²) in [7, 11) is 1.66. The van der Waals surface area contributed by atoms with E-state index in [1.165, 1.54) is 0 Å². The number of hydrogen-bond acceptors (Lipinski definition) is 2. The van der Waals surface area contributed by atoms with Crippen molar-refractivity contribution in [1.82, 2.24) is 0 Å². The van der Waals surface area contributed by atoms with Crippen LogP contribution in [0.25, 0.3) is 22.4 Å². The minimum absolute atomic E-state index is 0.594. The normalized spacial score (nSPS) is 11.3. The van der Waals surface area contributed by atoms with E-state index in [4.69, 9.17) is 16.3 Å². The number of nitriles is 1. The third-order valence-corrected chi connectivity index (χ3v) is 3.97. The Morgan fingerprint density at radius 2 is 1.70 bits per heavy atom. The van der Waals surface area contributed by atoms with Gasteiger partial charge in [0.2, 0.25) is 0 Å². The molecule has 0 aliphatic carbocycles. The molecular weight excluding hydrogens is 306 g/mol. The van der Waals surface area contributed by atoms with Gasteiger partial charge in [-0.3, -0.25) is 0 Å². The Balaban J connectivity index is 2.16. The smallest absolute Gasteiger partial charge is 0.126 e. The van der Waals surface area contributed by atoms with Gasteiger partial charge in [-0.1, -0.05) is 54.1 Å². The van der Waals surface area contributed by atoms with Crippen molar-refractivity contribution in [2.24, 2.45) is 0 Å². The first-order valence-corrected chi connectivity index (χ1v) is 7.54. The van der Waals surface area contributed by atoms with Gasteiger partial charge >= 0.3 is 0 Å². The monoisotopic (exact) mass is 319 g/mol. The summed E-state index contributed by atoms with van der Waals surface area (Å²) in [4.78, 5) is 0. The van der Waals surface area contributed by atoms with Crippen LogP contribution in [-0.2, 0) is 0 Å². The summed E-state index contributed by atoms with van der Waals surface area (Å²) in [5.41, 5.74) is 2.42. The SMILES string of the molecule is COc1ccc(C=C(C#N)c2ccc(Cl)cc2)c2ccccc12. The fraction of sp³-hybridized carbons (Fsp3) is 0.0500. The van der Waals surface area contributed by atoms with Gasteiger partial charge in [0.25, 0.3) is 0 Å². The van der Waals surface area contributed by atoms with E-state index >= 15 is 0 Å². The fourth-order valence-corrected chi connectivity index (χ4v) is 2.69. The highest BCUT2D eigenvalue weighted by atomic mass is 35.5. The Bertz CT molecular complexity index is 921. The van der Waals surface area contributed by atoms with Crippen LogP contribution in [0.15, 0.2) is 60.7 Å². The Morgan fingerprint density at radius 1 is 1.00 bits per heavy atom. The second-order valence-electron chi connectivity index (χ2n) is 5.08. The summed E-state index contributed by atoms with van der Waals surface area (Å²) in [5.74, 6) is 0.822. The number of fused-ring (bicyclic) bond motifs is 1. The number of allylic oxidation sites excluding steroid dienone is 1. The highest BCUT2D eigenvalue weighted by Gasteiger charge is 2.07. The van der Waals surface area contributed by atoms with Gasteiger partial charge in [-0.25, -0.2) is 0 Å². The average Bonchev–Trinajstić information content (AvgIpc) is 2.60. The van der Waals surface area contributed by atoms with Crippen molar-refractivity contribution in [3.63, 3.8) is 0 Å². The maximum Gasteiger partial charge on any atom is 0.126 e. The zero-order chi connectivity index (χ0) is 16.2. The first kappa shape index (κ1) is 15.1. The van der Waals surface area contributed by atoms with Crippen molar-refractivity contribution >= 4 is 34.0 Å². The number of hydrogen-bond donors (Lipinski definition) is 0. The van der Waals surface area contributed by atoms with Crippen LogP contribution < -0.4 is 4.74 Å². The van der Waals surface area contributed by atoms with E-state index < -0.39 is 0 Å². The highest BCUT2D eigenvalue weighted by molar-refractivity contribution is 6.30. The lowest BCUT2D eigenvalue weighted by Gasteiger charge is -2.08. The molecule has 0 unspecified atom stereocenters. The average molecular weight is 320 g/mol. The Hall–Kier alpha value is -2.76. The molecule has 3 rings (SSSR count). The summed E-state index contributed by atoms with van der Waals surface area (Å²) >= 11 is 5.91. The molecule has 0 spiro atoms. The highest BCUT2D eigenvalue weighted by Crippen LogP contribution is 2.30. The molecule has 0 saturated heterocycles. The van der Waals surface area contributed by atoms with Gasteiger partial charge in [0, 0.05) is 10.4 Å². The van der Waals surface area contributed by atoms with E-state index in [1.807, 2.05) is 54.6 Å². The molecule has 23 heavy (non-hydrogen) atoms. The third-order valence-electron chi connectivity index (χ3n) is 3.71. The van der Waals surface area contributed by atoms with Gasteiger partial charge in [0.15, 0.2) is 0 Å². The van der Waals surface area contributed by atoms with Gasteiger partial charge in [-0.2, -0.15) is 5.26 Å². The second-order valence-corrected chi connectivity index (χ2v) is 5.52. The van der Waals surface area contributed by atoms with Crippen LogP contribution in [0, 0.1) is 11.3 Å². The van der Waals surface area contributed by atoms with E-state index in [0.29, 0.717) is 10.6 Å². The summed E-state index contributed by atoms with van der Waals surface area (Å²) in [5, 5.41) is 12.2. The van der Waals surface area contributed by atoms with Crippen LogP contribution in [-0.4, -0.2) is 7.11 Å².